The van der Waals surface area contributed by atoms with E-state index < -0.39 is 0 Å². The first kappa shape index (κ1) is 25.9. The molecule has 1 atom stereocenters. The van der Waals surface area contributed by atoms with Crippen LogP contribution >= 0.6 is 24.0 Å². The number of methoxy groups -OCH3 is 1. The topological polar surface area (TPSA) is 64.1 Å². The molecule has 156 valence electrons. The van der Waals surface area contributed by atoms with Crippen LogP contribution in [0.1, 0.15) is 32.8 Å². The Labute approximate surface area is 181 Å². The molecule has 7 heteroatoms. The molecule has 0 saturated heterocycles. The van der Waals surface area contributed by atoms with Crippen molar-refractivity contribution in [2.24, 2.45) is 10.9 Å². The van der Waals surface area contributed by atoms with Gasteiger partial charge in [-0.3, -0.25) is 4.99 Å². The molecule has 0 fully saturated rings. The zero-order valence-corrected chi connectivity index (χ0v) is 19.6. The maximum absolute atomic E-state index is 5.77. The van der Waals surface area contributed by atoms with E-state index in [4.69, 9.17) is 14.2 Å². The van der Waals surface area contributed by atoms with Crippen molar-refractivity contribution in [2.45, 2.75) is 39.8 Å². The third-order valence-corrected chi connectivity index (χ3v) is 4.01. The van der Waals surface area contributed by atoms with Gasteiger partial charge < -0.3 is 24.8 Å². The molecule has 0 aliphatic carbocycles. The fraction of sp³-hybridized carbons (Fsp3) is 0.650. The van der Waals surface area contributed by atoms with Crippen molar-refractivity contribution >= 4 is 29.9 Å². The third kappa shape index (κ3) is 11.4. The number of hydrogen-bond acceptors (Lipinski definition) is 4. The van der Waals surface area contributed by atoms with Gasteiger partial charge in [-0.2, -0.15) is 0 Å². The van der Waals surface area contributed by atoms with Crippen molar-refractivity contribution in [2.75, 3.05) is 40.5 Å². The number of guanidine groups is 1. The summed E-state index contributed by atoms with van der Waals surface area (Å²) in [6.45, 7) is 9.85. The molecule has 1 rings (SSSR count). The van der Waals surface area contributed by atoms with E-state index in [0.29, 0.717) is 25.7 Å². The second-order valence-corrected chi connectivity index (χ2v) is 6.36. The van der Waals surface area contributed by atoms with Crippen LogP contribution in [0.25, 0.3) is 0 Å². The monoisotopic (exact) mass is 493 g/mol. The van der Waals surface area contributed by atoms with Gasteiger partial charge in [0.25, 0.3) is 0 Å². The largest absolute Gasteiger partial charge is 0.491 e. The number of benzene rings is 1. The molecule has 2 N–H and O–H groups in total. The third-order valence-electron chi connectivity index (χ3n) is 4.01. The highest BCUT2D eigenvalue weighted by Gasteiger charge is 2.12. The molecule has 0 heterocycles. The fourth-order valence-electron chi connectivity index (χ4n) is 2.51. The van der Waals surface area contributed by atoms with E-state index in [1.54, 1.807) is 14.2 Å². The number of rotatable bonds is 12. The van der Waals surface area contributed by atoms with Crippen LogP contribution in [0.3, 0.4) is 0 Å². The summed E-state index contributed by atoms with van der Waals surface area (Å²) in [5, 5.41) is 6.68. The molecule has 0 radical (unpaired) electrons. The van der Waals surface area contributed by atoms with Crippen molar-refractivity contribution in [3.05, 3.63) is 29.8 Å². The second-order valence-electron chi connectivity index (χ2n) is 6.36. The SMILES string of the molecule is CCOC(CCNC(=NC)NCc1ccc(OCCOC)cc1)C(C)C.I. The van der Waals surface area contributed by atoms with Crippen molar-refractivity contribution in [3.8, 4) is 5.75 Å². The molecule has 6 nitrogen and oxygen atoms in total. The second kappa shape index (κ2) is 15.9. The Morgan fingerprint density at radius 3 is 2.37 bits per heavy atom. The fourth-order valence-corrected chi connectivity index (χ4v) is 2.51. The van der Waals surface area contributed by atoms with Gasteiger partial charge in [-0.25, -0.2) is 0 Å². The van der Waals surface area contributed by atoms with Gasteiger partial charge in [0.05, 0.1) is 12.7 Å². The average Bonchev–Trinajstić information content (AvgIpc) is 2.64. The van der Waals surface area contributed by atoms with Crippen LogP contribution in [0.4, 0.5) is 0 Å². The van der Waals surface area contributed by atoms with Gasteiger partial charge >= 0.3 is 0 Å². The summed E-state index contributed by atoms with van der Waals surface area (Å²) in [5.74, 6) is 2.16. The van der Waals surface area contributed by atoms with Gasteiger partial charge in [-0.15, -0.1) is 24.0 Å². The minimum absolute atomic E-state index is 0. The molecule has 0 saturated carbocycles. The lowest BCUT2D eigenvalue weighted by Crippen LogP contribution is -2.38. The first-order valence-electron chi connectivity index (χ1n) is 9.37. The summed E-state index contributed by atoms with van der Waals surface area (Å²) >= 11 is 0. The quantitative estimate of drug-likeness (QED) is 0.202. The molecule has 0 bridgehead atoms. The van der Waals surface area contributed by atoms with E-state index in [0.717, 1.165) is 31.3 Å². The first-order chi connectivity index (χ1) is 12.6. The summed E-state index contributed by atoms with van der Waals surface area (Å²) < 4.78 is 16.3. The van der Waals surface area contributed by atoms with Gasteiger partial charge in [0.2, 0.25) is 0 Å². The van der Waals surface area contributed by atoms with E-state index in [1.165, 1.54) is 5.56 Å². The number of nitrogens with one attached hydrogen (secondary N) is 2. The van der Waals surface area contributed by atoms with Crippen molar-refractivity contribution in [1.29, 1.82) is 0 Å². The number of ether oxygens (including phenoxy) is 3. The number of halogens is 1. The Kier molecular flexibility index (Phi) is 15.3. The lowest BCUT2D eigenvalue weighted by molar-refractivity contribution is 0.0258. The normalized spacial score (nSPS) is 12.4. The highest BCUT2D eigenvalue weighted by Crippen LogP contribution is 2.12. The molecule has 0 spiro atoms. The predicted molar refractivity (Wildman–Crippen MR) is 122 cm³/mol. The zero-order chi connectivity index (χ0) is 19.2. The Bertz CT molecular complexity index is 510. The smallest absolute Gasteiger partial charge is 0.191 e. The van der Waals surface area contributed by atoms with Crippen molar-refractivity contribution < 1.29 is 14.2 Å². The Balaban J connectivity index is 0.00000676. The lowest BCUT2D eigenvalue weighted by Gasteiger charge is -2.21. The molecule has 0 aliphatic rings. The average molecular weight is 493 g/mol. The van der Waals surface area contributed by atoms with Crippen LogP contribution in [0, 0.1) is 5.92 Å². The Morgan fingerprint density at radius 2 is 1.81 bits per heavy atom. The van der Waals surface area contributed by atoms with Gasteiger partial charge in [0, 0.05) is 33.9 Å². The van der Waals surface area contributed by atoms with E-state index >= 15 is 0 Å². The summed E-state index contributed by atoms with van der Waals surface area (Å²) in [4.78, 5) is 4.27. The molecule has 0 amide bonds. The van der Waals surface area contributed by atoms with Gasteiger partial charge in [-0.1, -0.05) is 26.0 Å². The Morgan fingerprint density at radius 1 is 1.11 bits per heavy atom. The summed E-state index contributed by atoms with van der Waals surface area (Å²) in [6.07, 6.45) is 1.23. The standard InChI is InChI=1S/C20H35N3O3.HI/c1-6-25-19(16(2)3)11-12-22-20(21-4)23-15-17-7-9-18(10-8-17)26-14-13-24-5;/h7-10,16,19H,6,11-15H2,1-5H3,(H2,21,22,23);1H. The minimum atomic E-state index is 0. The molecule has 1 aromatic rings. The highest BCUT2D eigenvalue weighted by molar-refractivity contribution is 14.0. The van der Waals surface area contributed by atoms with E-state index in [2.05, 4.69) is 29.5 Å². The molecule has 1 aromatic carbocycles. The van der Waals surface area contributed by atoms with Crippen LogP contribution in [-0.2, 0) is 16.0 Å². The van der Waals surface area contributed by atoms with E-state index in [9.17, 15) is 0 Å². The molecule has 0 aromatic heterocycles. The van der Waals surface area contributed by atoms with Crippen LogP contribution in [0.2, 0.25) is 0 Å². The Hall–Kier alpha value is -1.06. The minimum Gasteiger partial charge on any atom is -0.491 e. The number of nitrogens with zero attached hydrogens (tertiary/aromatic N) is 1. The zero-order valence-electron chi connectivity index (χ0n) is 17.3. The molecule has 1 unspecified atom stereocenters. The summed E-state index contributed by atoms with van der Waals surface area (Å²) in [5.41, 5.74) is 1.17. The highest BCUT2D eigenvalue weighted by atomic mass is 127. The van der Waals surface area contributed by atoms with Crippen molar-refractivity contribution in [3.63, 3.8) is 0 Å². The van der Waals surface area contributed by atoms with Gasteiger partial charge in [-0.05, 0) is 37.0 Å². The molecule has 0 aliphatic heterocycles. The number of hydrogen-bond donors (Lipinski definition) is 2. The van der Waals surface area contributed by atoms with Crippen LogP contribution in [-0.4, -0.2) is 52.6 Å². The summed E-state index contributed by atoms with van der Waals surface area (Å²) in [7, 11) is 3.45. The first-order valence-corrected chi connectivity index (χ1v) is 9.37. The van der Waals surface area contributed by atoms with Crippen LogP contribution in [0.15, 0.2) is 29.3 Å². The van der Waals surface area contributed by atoms with Gasteiger partial charge in [0.1, 0.15) is 12.4 Å². The van der Waals surface area contributed by atoms with E-state index in [-0.39, 0.29) is 30.1 Å². The maximum Gasteiger partial charge on any atom is 0.191 e. The summed E-state index contributed by atoms with van der Waals surface area (Å²) in [6, 6.07) is 8.04. The van der Waals surface area contributed by atoms with Crippen LogP contribution < -0.4 is 15.4 Å². The number of aliphatic imine (C=N–C) groups is 1. The lowest BCUT2D eigenvalue weighted by atomic mass is 10.0. The van der Waals surface area contributed by atoms with Crippen LogP contribution in [0.5, 0.6) is 5.75 Å². The molecular formula is C20H36IN3O3. The van der Waals surface area contributed by atoms with E-state index in [1.807, 2.05) is 31.2 Å². The molecular weight excluding hydrogens is 457 g/mol. The van der Waals surface area contributed by atoms with Gasteiger partial charge in [0.15, 0.2) is 5.96 Å². The maximum atomic E-state index is 5.77. The molecule has 27 heavy (non-hydrogen) atoms. The van der Waals surface area contributed by atoms with Crippen molar-refractivity contribution in [1.82, 2.24) is 10.6 Å². The predicted octanol–water partition coefficient (Wildman–Crippen LogP) is 3.45.